The van der Waals surface area contributed by atoms with Crippen molar-refractivity contribution >= 4 is 0 Å². The molecule has 0 aromatic rings. The van der Waals surface area contributed by atoms with Crippen molar-refractivity contribution in [3.63, 3.8) is 0 Å². The fourth-order valence-electron chi connectivity index (χ4n) is 0.291. The zero-order chi connectivity index (χ0) is 6.95. The first-order valence-corrected chi connectivity index (χ1v) is 2.55. The van der Waals surface area contributed by atoms with Crippen LogP contribution in [0.5, 0.6) is 0 Å². The molecule has 0 bridgehead atoms. The summed E-state index contributed by atoms with van der Waals surface area (Å²) in [5.74, 6) is 0. The molecule has 9 heavy (non-hydrogen) atoms. The van der Waals surface area contributed by atoms with Gasteiger partial charge in [0.05, 0.1) is 6.54 Å². The Bertz CT molecular complexity index is 189. The number of nitrogens with zero attached hydrogens (tertiary/aromatic N) is 1. The van der Waals surface area contributed by atoms with E-state index in [1.54, 1.807) is 6.08 Å². The largest absolute Gasteiger partial charge is 0.151 e. The van der Waals surface area contributed by atoms with Crippen LogP contribution in [0.15, 0.2) is 35.0 Å². The highest BCUT2D eigenvalue weighted by molar-refractivity contribution is 4.84. The summed E-state index contributed by atoms with van der Waals surface area (Å²) in [5.41, 5.74) is 7.51. The first-order valence-electron chi connectivity index (χ1n) is 2.55. The Labute approximate surface area is 53.9 Å². The average molecular weight is 121 g/mol. The standard InChI is InChI=1S/C7H7NO/c1-2-3-4-5-6-7-8-9/h5H,1,6-7H2. The average Bonchev–Trinajstić information content (AvgIpc) is 1.89. The number of rotatable bonds is 3. The number of nitroso groups, excluding NO2 is 1. The van der Waals surface area contributed by atoms with Gasteiger partial charge < -0.3 is 0 Å². The molecule has 2 nitrogen and oxygen atoms in total. The van der Waals surface area contributed by atoms with E-state index >= 15 is 0 Å². The fourth-order valence-corrected chi connectivity index (χ4v) is 0.291. The Balaban J connectivity index is 3.60. The molecular formula is C7H7NO. The zero-order valence-corrected chi connectivity index (χ0v) is 5.05. The first kappa shape index (κ1) is 7.68. The normalized spacial score (nSPS) is 6.22. The van der Waals surface area contributed by atoms with Crippen LogP contribution in [0, 0.1) is 4.91 Å². The minimum atomic E-state index is 0.297. The highest BCUT2D eigenvalue weighted by Gasteiger charge is 1.73. The second-order valence-electron chi connectivity index (χ2n) is 1.29. The maximum atomic E-state index is 9.49. The van der Waals surface area contributed by atoms with Crippen molar-refractivity contribution in [2.45, 2.75) is 6.42 Å². The summed E-state index contributed by atoms with van der Waals surface area (Å²) in [6.07, 6.45) is 2.28. The lowest BCUT2D eigenvalue weighted by atomic mass is 10.4. The van der Waals surface area contributed by atoms with E-state index in [1.165, 1.54) is 0 Å². The molecule has 0 rings (SSSR count). The van der Waals surface area contributed by atoms with E-state index in [9.17, 15) is 4.91 Å². The smallest absolute Gasteiger partial charge is 0.0851 e. The second kappa shape index (κ2) is 6.68. The van der Waals surface area contributed by atoms with Gasteiger partial charge in [0.1, 0.15) is 0 Å². The van der Waals surface area contributed by atoms with Gasteiger partial charge in [-0.05, 0) is 24.8 Å². The van der Waals surface area contributed by atoms with Crippen molar-refractivity contribution < 1.29 is 0 Å². The van der Waals surface area contributed by atoms with Gasteiger partial charge in [0.25, 0.3) is 0 Å². The molecule has 0 spiro atoms. The molecule has 0 saturated heterocycles. The maximum absolute atomic E-state index is 9.49. The van der Waals surface area contributed by atoms with Crippen LogP contribution in [0.25, 0.3) is 0 Å². The van der Waals surface area contributed by atoms with Gasteiger partial charge in [-0.15, -0.1) is 0 Å². The highest BCUT2D eigenvalue weighted by Crippen LogP contribution is 1.79. The van der Waals surface area contributed by atoms with Crippen molar-refractivity contribution in [3.8, 4) is 0 Å². The molecule has 0 heterocycles. The monoisotopic (exact) mass is 121 g/mol. The maximum Gasteiger partial charge on any atom is 0.0851 e. The van der Waals surface area contributed by atoms with Gasteiger partial charge in [0.2, 0.25) is 0 Å². The molecule has 0 fully saturated rings. The third-order valence-electron chi connectivity index (χ3n) is 0.627. The molecule has 0 aromatic heterocycles. The molecule has 0 aliphatic rings. The van der Waals surface area contributed by atoms with E-state index < -0.39 is 0 Å². The van der Waals surface area contributed by atoms with Gasteiger partial charge >= 0.3 is 0 Å². The van der Waals surface area contributed by atoms with Crippen molar-refractivity contribution in [2.75, 3.05) is 6.54 Å². The lowest BCUT2D eigenvalue weighted by Gasteiger charge is -1.72. The third-order valence-corrected chi connectivity index (χ3v) is 0.627. The molecule has 0 N–H and O–H groups in total. The van der Waals surface area contributed by atoms with Crippen LogP contribution in [0.2, 0.25) is 0 Å². The van der Waals surface area contributed by atoms with Crippen LogP contribution < -0.4 is 0 Å². The van der Waals surface area contributed by atoms with Crippen molar-refractivity contribution in [1.82, 2.24) is 0 Å². The summed E-state index contributed by atoms with van der Waals surface area (Å²) < 4.78 is 0. The first-order chi connectivity index (χ1) is 4.41. The topological polar surface area (TPSA) is 29.4 Å². The Morgan fingerprint density at radius 1 is 1.67 bits per heavy atom. The van der Waals surface area contributed by atoms with E-state index in [0.717, 1.165) is 0 Å². The SMILES string of the molecule is C=C=C=C=CCCN=O. The third kappa shape index (κ3) is 6.68. The van der Waals surface area contributed by atoms with Gasteiger partial charge in [-0.25, -0.2) is 0 Å². The highest BCUT2D eigenvalue weighted by atomic mass is 16.3. The van der Waals surface area contributed by atoms with Crippen LogP contribution >= 0.6 is 0 Å². The van der Waals surface area contributed by atoms with Crippen LogP contribution in [0.1, 0.15) is 6.42 Å². The predicted octanol–water partition coefficient (Wildman–Crippen LogP) is 1.79. The Morgan fingerprint density at radius 3 is 3.00 bits per heavy atom. The Morgan fingerprint density at radius 2 is 2.44 bits per heavy atom. The zero-order valence-electron chi connectivity index (χ0n) is 5.05. The van der Waals surface area contributed by atoms with Crippen LogP contribution in [0.3, 0.4) is 0 Å². The van der Waals surface area contributed by atoms with Gasteiger partial charge in [0.15, 0.2) is 0 Å². The minimum absolute atomic E-state index is 0.297. The number of hydrogen-bond donors (Lipinski definition) is 0. The van der Waals surface area contributed by atoms with Crippen molar-refractivity contribution in [3.05, 3.63) is 34.8 Å². The molecule has 0 amide bonds. The summed E-state index contributed by atoms with van der Waals surface area (Å²) >= 11 is 0. The van der Waals surface area contributed by atoms with E-state index in [1.807, 2.05) is 0 Å². The van der Waals surface area contributed by atoms with E-state index in [2.05, 4.69) is 28.9 Å². The van der Waals surface area contributed by atoms with Crippen LogP contribution in [-0.4, -0.2) is 6.54 Å². The second-order valence-corrected chi connectivity index (χ2v) is 1.29. The molecule has 2 heteroatoms. The molecule has 0 atom stereocenters. The molecular weight excluding hydrogens is 114 g/mol. The van der Waals surface area contributed by atoms with Crippen LogP contribution in [-0.2, 0) is 0 Å². The van der Waals surface area contributed by atoms with E-state index in [4.69, 9.17) is 0 Å². The predicted molar refractivity (Wildman–Crippen MR) is 36.0 cm³/mol. The Hall–Kier alpha value is -1.32. The van der Waals surface area contributed by atoms with E-state index in [-0.39, 0.29) is 0 Å². The van der Waals surface area contributed by atoms with Gasteiger partial charge in [-0.1, -0.05) is 16.6 Å². The van der Waals surface area contributed by atoms with Gasteiger partial charge in [0, 0.05) is 0 Å². The summed E-state index contributed by atoms with van der Waals surface area (Å²) in [5, 5.41) is 2.65. The molecule has 46 valence electrons. The Kier molecular flexibility index (Phi) is 5.70. The fraction of sp³-hybridized carbons (Fsp3) is 0.286. The molecule has 0 radical (unpaired) electrons. The lowest BCUT2D eigenvalue weighted by Crippen LogP contribution is -1.69. The molecule has 0 unspecified atom stereocenters. The summed E-state index contributed by atoms with van der Waals surface area (Å²) in [7, 11) is 0. The number of hydrogen-bond acceptors (Lipinski definition) is 2. The van der Waals surface area contributed by atoms with E-state index in [0.29, 0.717) is 13.0 Å². The molecule has 0 aliphatic heterocycles. The minimum Gasteiger partial charge on any atom is -0.151 e. The van der Waals surface area contributed by atoms with Crippen molar-refractivity contribution in [1.29, 1.82) is 0 Å². The van der Waals surface area contributed by atoms with Crippen molar-refractivity contribution in [2.24, 2.45) is 5.18 Å². The quantitative estimate of drug-likeness (QED) is 0.318. The van der Waals surface area contributed by atoms with Gasteiger partial charge in [-0.3, -0.25) is 0 Å². The van der Waals surface area contributed by atoms with Crippen LogP contribution in [0.4, 0.5) is 0 Å². The summed E-state index contributed by atoms with van der Waals surface area (Å²) in [4.78, 5) is 9.49. The van der Waals surface area contributed by atoms with Gasteiger partial charge in [-0.2, -0.15) is 4.91 Å². The lowest BCUT2D eigenvalue weighted by molar-refractivity contribution is 0.999. The molecule has 0 aliphatic carbocycles. The summed E-state index contributed by atoms with van der Waals surface area (Å²) in [6.45, 7) is 3.57. The molecule has 0 saturated carbocycles. The molecule has 0 aromatic carbocycles. The summed E-state index contributed by atoms with van der Waals surface area (Å²) in [6, 6.07) is 0.